The van der Waals surface area contributed by atoms with Gasteiger partial charge < -0.3 is 20.1 Å². The Labute approximate surface area is 120 Å². The molecule has 1 fully saturated rings. The lowest BCUT2D eigenvalue weighted by Gasteiger charge is -2.18. The SMILES string of the molecule is COCC(O)CCNC(=O)C1CC(=O)N(CC(F)(F)F)C1. The molecular weight excluding hydrogens is 293 g/mol. The number of rotatable bonds is 7. The molecule has 21 heavy (non-hydrogen) atoms. The van der Waals surface area contributed by atoms with Gasteiger partial charge in [-0.1, -0.05) is 0 Å². The number of alkyl halides is 3. The maximum absolute atomic E-state index is 12.2. The molecule has 1 rings (SSSR count). The molecular formula is C12H19F3N2O4. The van der Waals surface area contributed by atoms with Crippen LogP contribution >= 0.6 is 0 Å². The second-order valence-corrected chi connectivity index (χ2v) is 4.98. The predicted molar refractivity (Wildman–Crippen MR) is 66.3 cm³/mol. The van der Waals surface area contributed by atoms with Crippen LogP contribution in [0, 0.1) is 5.92 Å². The largest absolute Gasteiger partial charge is 0.406 e. The van der Waals surface area contributed by atoms with E-state index in [-0.39, 0.29) is 32.5 Å². The zero-order valence-electron chi connectivity index (χ0n) is 11.7. The third-order valence-corrected chi connectivity index (χ3v) is 3.09. The minimum Gasteiger partial charge on any atom is -0.391 e. The number of carbonyl (C=O) groups is 2. The fraction of sp³-hybridized carbons (Fsp3) is 0.833. The molecule has 0 aromatic heterocycles. The first-order valence-corrected chi connectivity index (χ1v) is 6.52. The van der Waals surface area contributed by atoms with Crippen molar-refractivity contribution in [1.82, 2.24) is 10.2 Å². The van der Waals surface area contributed by atoms with Crippen molar-refractivity contribution in [3.8, 4) is 0 Å². The fourth-order valence-electron chi connectivity index (χ4n) is 2.10. The van der Waals surface area contributed by atoms with Crippen molar-refractivity contribution in [3.63, 3.8) is 0 Å². The number of hydrogen-bond acceptors (Lipinski definition) is 4. The molecule has 0 saturated carbocycles. The fourth-order valence-corrected chi connectivity index (χ4v) is 2.10. The van der Waals surface area contributed by atoms with Crippen LogP contribution in [0.1, 0.15) is 12.8 Å². The summed E-state index contributed by atoms with van der Waals surface area (Å²) >= 11 is 0. The summed E-state index contributed by atoms with van der Waals surface area (Å²) in [5, 5.41) is 11.9. The highest BCUT2D eigenvalue weighted by Crippen LogP contribution is 2.23. The number of likely N-dealkylation sites (tertiary alicyclic amines) is 1. The van der Waals surface area contributed by atoms with Crippen LogP contribution in [0.4, 0.5) is 13.2 Å². The third kappa shape index (κ3) is 6.30. The van der Waals surface area contributed by atoms with Crippen LogP contribution in [0.5, 0.6) is 0 Å². The van der Waals surface area contributed by atoms with E-state index in [2.05, 4.69) is 5.32 Å². The summed E-state index contributed by atoms with van der Waals surface area (Å²) in [5.41, 5.74) is 0. The molecule has 2 N–H and O–H groups in total. The summed E-state index contributed by atoms with van der Waals surface area (Å²) in [5.74, 6) is -1.93. The molecule has 1 saturated heterocycles. The number of nitrogens with zero attached hydrogens (tertiary/aromatic N) is 1. The molecule has 0 aromatic carbocycles. The van der Waals surface area contributed by atoms with Gasteiger partial charge in [0.15, 0.2) is 0 Å². The van der Waals surface area contributed by atoms with Gasteiger partial charge in [-0.15, -0.1) is 0 Å². The lowest BCUT2D eigenvalue weighted by molar-refractivity contribution is -0.157. The summed E-state index contributed by atoms with van der Waals surface area (Å²) in [7, 11) is 1.43. The van der Waals surface area contributed by atoms with Gasteiger partial charge in [0.1, 0.15) is 6.54 Å². The molecule has 1 aliphatic rings. The van der Waals surface area contributed by atoms with Crippen molar-refractivity contribution in [1.29, 1.82) is 0 Å². The second kappa shape index (κ2) is 7.60. The van der Waals surface area contributed by atoms with Gasteiger partial charge in [-0.3, -0.25) is 9.59 Å². The van der Waals surface area contributed by atoms with Crippen LogP contribution in [-0.4, -0.2) is 67.5 Å². The highest BCUT2D eigenvalue weighted by Gasteiger charge is 2.40. The van der Waals surface area contributed by atoms with E-state index in [0.717, 1.165) is 0 Å². The summed E-state index contributed by atoms with van der Waals surface area (Å²) in [6.07, 6.45) is -5.14. The highest BCUT2D eigenvalue weighted by atomic mass is 19.4. The van der Waals surface area contributed by atoms with E-state index in [1.165, 1.54) is 7.11 Å². The van der Waals surface area contributed by atoms with Crippen molar-refractivity contribution in [2.45, 2.75) is 25.1 Å². The Morgan fingerprint density at radius 3 is 2.81 bits per heavy atom. The van der Waals surface area contributed by atoms with Crippen molar-refractivity contribution >= 4 is 11.8 Å². The first-order chi connectivity index (χ1) is 9.73. The zero-order valence-corrected chi connectivity index (χ0v) is 11.7. The second-order valence-electron chi connectivity index (χ2n) is 4.98. The maximum atomic E-state index is 12.2. The van der Waals surface area contributed by atoms with Crippen molar-refractivity contribution in [2.24, 2.45) is 5.92 Å². The van der Waals surface area contributed by atoms with Gasteiger partial charge >= 0.3 is 6.18 Å². The number of hydrogen-bond donors (Lipinski definition) is 2. The minimum atomic E-state index is -4.47. The Hall–Kier alpha value is -1.35. The first-order valence-electron chi connectivity index (χ1n) is 6.52. The third-order valence-electron chi connectivity index (χ3n) is 3.09. The van der Waals surface area contributed by atoms with E-state index in [9.17, 15) is 27.9 Å². The Balaban J connectivity index is 2.34. The highest BCUT2D eigenvalue weighted by molar-refractivity contribution is 5.89. The Morgan fingerprint density at radius 2 is 2.24 bits per heavy atom. The number of amides is 2. The molecule has 2 amide bonds. The van der Waals surface area contributed by atoms with Crippen LogP contribution in [0.3, 0.4) is 0 Å². The first kappa shape index (κ1) is 17.7. The monoisotopic (exact) mass is 312 g/mol. The number of methoxy groups -OCH3 is 1. The summed E-state index contributed by atoms with van der Waals surface area (Å²) in [6.45, 7) is -1.25. The molecule has 2 unspecified atom stereocenters. The normalized spacial score (nSPS) is 20.7. The van der Waals surface area contributed by atoms with Gasteiger partial charge in [-0.2, -0.15) is 13.2 Å². The number of carbonyl (C=O) groups excluding carboxylic acids is 2. The molecule has 0 spiro atoms. The van der Waals surface area contributed by atoms with E-state index in [0.29, 0.717) is 4.90 Å². The number of nitrogens with one attached hydrogen (secondary N) is 1. The quantitative estimate of drug-likeness (QED) is 0.689. The zero-order chi connectivity index (χ0) is 16.0. The number of aliphatic hydroxyl groups is 1. The molecule has 0 radical (unpaired) electrons. The van der Waals surface area contributed by atoms with Gasteiger partial charge in [0, 0.05) is 26.6 Å². The molecule has 0 bridgehead atoms. The molecule has 0 aliphatic carbocycles. The van der Waals surface area contributed by atoms with Gasteiger partial charge in [0.2, 0.25) is 11.8 Å². The Morgan fingerprint density at radius 1 is 1.57 bits per heavy atom. The number of halogens is 3. The van der Waals surface area contributed by atoms with Crippen LogP contribution in [0.2, 0.25) is 0 Å². The average Bonchev–Trinajstić information content (AvgIpc) is 2.69. The van der Waals surface area contributed by atoms with Crippen LogP contribution in [-0.2, 0) is 14.3 Å². The average molecular weight is 312 g/mol. The topological polar surface area (TPSA) is 78.9 Å². The van der Waals surface area contributed by atoms with E-state index in [1.54, 1.807) is 0 Å². The van der Waals surface area contributed by atoms with Crippen LogP contribution in [0.25, 0.3) is 0 Å². The van der Waals surface area contributed by atoms with Gasteiger partial charge in [0.25, 0.3) is 0 Å². The molecule has 122 valence electrons. The summed E-state index contributed by atoms with van der Waals surface area (Å²) in [4.78, 5) is 23.8. The molecule has 1 aliphatic heterocycles. The molecule has 0 aromatic rings. The lowest BCUT2D eigenvalue weighted by atomic mass is 10.1. The summed E-state index contributed by atoms with van der Waals surface area (Å²) < 4.78 is 41.4. The molecule has 9 heteroatoms. The van der Waals surface area contributed by atoms with Gasteiger partial charge in [0.05, 0.1) is 18.6 Å². The van der Waals surface area contributed by atoms with Crippen molar-refractivity contribution in [2.75, 3.05) is 33.4 Å². The van der Waals surface area contributed by atoms with E-state index < -0.39 is 36.6 Å². The standard InChI is InChI=1S/C12H19F3N2O4/c1-21-6-9(18)2-3-16-11(20)8-4-10(19)17(5-8)7-12(13,14)15/h8-9,18H,2-7H2,1H3,(H,16,20). The van der Waals surface area contributed by atoms with E-state index in [1.807, 2.05) is 0 Å². The number of aliphatic hydroxyl groups excluding tert-OH is 1. The maximum Gasteiger partial charge on any atom is 0.406 e. The van der Waals surface area contributed by atoms with E-state index in [4.69, 9.17) is 4.74 Å². The number of ether oxygens (including phenoxy) is 1. The Kier molecular flexibility index (Phi) is 6.41. The predicted octanol–water partition coefficient (Wildman–Crippen LogP) is -0.0892. The lowest BCUT2D eigenvalue weighted by Crippen LogP contribution is -2.37. The van der Waals surface area contributed by atoms with E-state index >= 15 is 0 Å². The smallest absolute Gasteiger partial charge is 0.391 e. The van der Waals surface area contributed by atoms with Crippen LogP contribution in [0.15, 0.2) is 0 Å². The van der Waals surface area contributed by atoms with Crippen molar-refractivity contribution < 1.29 is 32.6 Å². The van der Waals surface area contributed by atoms with Crippen molar-refractivity contribution in [3.05, 3.63) is 0 Å². The summed E-state index contributed by atoms with van der Waals surface area (Å²) in [6, 6.07) is 0. The molecule has 6 nitrogen and oxygen atoms in total. The Bertz CT molecular complexity index is 376. The molecule has 1 heterocycles. The molecule has 2 atom stereocenters. The van der Waals surface area contributed by atoms with Gasteiger partial charge in [-0.05, 0) is 6.42 Å². The van der Waals surface area contributed by atoms with Crippen LogP contribution < -0.4 is 5.32 Å². The minimum absolute atomic E-state index is 0.136. The van der Waals surface area contributed by atoms with Gasteiger partial charge in [-0.25, -0.2) is 0 Å².